The van der Waals surface area contributed by atoms with E-state index in [1.807, 2.05) is 6.07 Å². The second-order valence-corrected chi connectivity index (χ2v) is 1.82. The fourth-order valence-corrected chi connectivity index (χ4v) is 0.612. The van der Waals surface area contributed by atoms with E-state index in [2.05, 4.69) is 11.6 Å². The van der Waals surface area contributed by atoms with Crippen molar-refractivity contribution in [1.82, 2.24) is 0 Å². The average Bonchev–Trinajstić information content (AvgIpc) is 1.88. The maximum absolute atomic E-state index is 8.34. The molecule has 0 atom stereocenters. The zero-order valence-electron chi connectivity index (χ0n) is 4.96. The summed E-state index contributed by atoms with van der Waals surface area (Å²) in [6.45, 7) is 3.69. The molecule has 0 N–H and O–H groups in total. The monoisotopic (exact) mass is 118 g/mol. The van der Waals surface area contributed by atoms with Crippen LogP contribution in [0.15, 0.2) is 28.9 Å². The molecule has 44 valence electrons. The van der Waals surface area contributed by atoms with E-state index in [9.17, 15) is 0 Å². The zero-order valence-corrected chi connectivity index (χ0v) is 4.96. The summed E-state index contributed by atoms with van der Waals surface area (Å²) in [5, 5.41) is 8.34. The van der Waals surface area contributed by atoms with Crippen molar-refractivity contribution in [2.45, 2.75) is 6.42 Å². The van der Waals surface area contributed by atoms with Gasteiger partial charge in [-0.2, -0.15) is 5.26 Å². The van der Waals surface area contributed by atoms with E-state index >= 15 is 0 Å². The van der Waals surface area contributed by atoms with Gasteiger partial charge in [-0.25, -0.2) is 4.99 Å². The second kappa shape index (κ2) is 2.27. The van der Waals surface area contributed by atoms with Crippen LogP contribution in [-0.2, 0) is 0 Å². The van der Waals surface area contributed by atoms with Gasteiger partial charge in [0.05, 0.1) is 0 Å². The van der Waals surface area contributed by atoms with Crippen molar-refractivity contribution in [1.29, 1.82) is 5.26 Å². The Morgan fingerprint density at radius 1 is 1.78 bits per heavy atom. The first-order valence-corrected chi connectivity index (χ1v) is 2.65. The molecule has 2 nitrogen and oxygen atoms in total. The van der Waals surface area contributed by atoms with E-state index in [1.165, 1.54) is 0 Å². The van der Waals surface area contributed by atoms with Gasteiger partial charge in [-0.05, 0) is 11.6 Å². The Morgan fingerprint density at radius 2 is 2.56 bits per heavy atom. The number of hydrogen-bond donors (Lipinski definition) is 0. The van der Waals surface area contributed by atoms with Crippen LogP contribution < -0.4 is 0 Å². The van der Waals surface area contributed by atoms with Gasteiger partial charge in [0, 0.05) is 12.6 Å². The van der Waals surface area contributed by atoms with Crippen LogP contribution in [0.3, 0.4) is 0 Å². The predicted octanol–water partition coefficient (Wildman–Crippen LogP) is 1.42. The molecule has 0 aromatic carbocycles. The molecule has 1 heterocycles. The van der Waals surface area contributed by atoms with Crippen molar-refractivity contribution in [2.75, 3.05) is 0 Å². The lowest BCUT2D eigenvalue weighted by atomic mass is 10.1. The zero-order chi connectivity index (χ0) is 6.69. The third-order valence-electron chi connectivity index (χ3n) is 1.04. The summed E-state index contributed by atoms with van der Waals surface area (Å²) in [4.78, 5) is 3.81. The van der Waals surface area contributed by atoms with Crippen LogP contribution in [0.1, 0.15) is 6.42 Å². The molecular formula is C7H6N2. The number of aliphatic imine (C=N–C) groups is 1. The molecule has 0 aromatic rings. The minimum absolute atomic E-state index is 0.450. The van der Waals surface area contributed by atoms with E-state index < -0.39 is 0 Å². The summed E-state index contributed by atoms with van der Waals surface area (Å²) >= 11 is 0. The van der Waals surface area contributed by atoms with E-state index in [0.29, 0.717) is 5.70 Å². The largest absolute Gasteiger partial charge is 0.250 e. The average molecular weight is 118 g/mol. The first kappa shape index (κ1) is 5.77. The standard InChI is InChI=1S/C7H6N2/c1-6-2-3-9-7(4-6)5-8/h3-4H,1-2H2. The molecule has 0 aliphatic carbocycles. The van der Waals surface area contributed by atoms with Crippen LogP contribution in [0.25, 0.3) is 0 Å². The smallest absolute Gasteiger partial charge is 0.140 e. The van der Waals surface area contributed by atoms with Gasteiger partial charge in [0.2, 0.25) is 0 Å². The van der Waals surface area contributed by atoms with Crippen molar-refractivity contribution in [2.24, 2.45) is 4.99 Å². The van der Waals surface area contributed by atoms with Crippen LogP contribution in [0, 0.1) is 11.3 Å². The summed E-state index contributed by atoms with van der Waals surface area (Å²) in [6, 6.07) is 1.94. The summed E-state index contributed by atoms with van der Waals surface area (Å²) in [5.74, 6) is 0. The van der Waals surface area contributed by atoms with Gasteiger partial charge in [-0.1, -0.05) is 6.58 Å². The SMILES string of the molecule is C=C1C=C(C#N)N=CC1. The summed E-state index contributed by atoms with van der Waals surface area (Å²) < 4.78 is 0. The topological polar surface area (TPSA) is 36.1 Å². The van der Waals surface area contributed by atoms with E-state index in [4.69, 9.17) is 5.26 Å². The number of rotatable bonds is 0. The van der Waals surface area contributed by atoms with Gasteiger partial charge in [-0.3, -0.25) is 0 Å². The molecule has 1 aliphatic heterocycles. The number of nitriles is 1. The van der Waals surface area contributed by atoms with Crippen LogP contribution in [-0.4, -0.2) is 6.21 Å². The first-order chi connectivity index (χ1) is 4.33. The van der Waals surface area contributed by atoms with Gasteiger partial charge in [-0.15, -0.1) is 0 Å². The third kappa shape index (κ3) is 1.26. The Balaban J connectivity index is 2.86. The van der Waals surface area contributed by atoms with Crippen molar-refractivity contribution < 1.29 is 0 Å². The lowest BCUT2D eigenvalue weighted by molar-refractivity contribution is 1.26. The summed E-state index contributed by atoms with van der Waals surface area (Å²) in [5.41, 5.74) is 1.40. The van der Waals surface area contributed by atoms with E-state index in [1.54, 1.807) is 12.3 Å². The highest BCUT2D eigenvalue weighted by Gasteiger charge is 1.97. The van der Waals surface area contributed by atoms with Crippen molar-refractivity contribution in [3.05, 3.63) is 23.9 Å². The molecule has 1 rings (SSSR count). The molecule has 0 spiro atoms. The molecule has 0 saturated carbocycles. The Morgan fingerprint density at radius 3 is 3.00 bits per heavy atom. The molecule has 0 amide bonds. The molecule has 0 bridgehead atoms. The minimum Gasteiger partial charge on any atom is -0.250 e. The normalized spacial score (nSPS) is 16.8. The van der Waals surface area contributed by atoms with Crippen molar-refractivity contribution in [3.8, 4) is 6.07 Å². The maximum atomic E-state index is 8.34. The van der Waals surface area contributed by atoms with Crippen LogP contribution in [0.4, 0.5) is 0 Å². The maximum Gasteiger partial charge on any atom is 0.140 e. The molecule has 9 heavy (non-hydrogen) atoms. The van der Waals surface area contributed by atoms with Crippen molar-refractivity contribution >= 4 is 6.21 Å². The molecule has 0 unspecified atom stereocenters. The highest BCUT2D eigenvalue weighted by molar-refractivity contribution is 5.67. The Kier molecular flexibility index (Phi) is 1.46. The third-order valence-corrected chi connectivity index (χ3v) is 1.04. The van der Waals surface area contributed by atoms with Crippen LogP contribution in [0.2, 0.25) is 0 Å². The molecule has 0 saturated heterocycles. The van der Waals surface area contributed by atoms with Gasteiger partial charge < -0.3 is 0 Å². The van der Waals surface area contributed by atoms with E-state index in [0.717, 1.165) is 12.0 Å². The van der Waals surface area contributed by atoms with Gasteiger partial charge >= 0.3 is 0 Å². The second-order valence-electron chi connectivity index (χ2n) is 1.82. The number of hydrogen-bond acceptors (Lipinski definition) is 2. The molecule has 0 fully saturated rings. The minimum atomic E-state index is 0.450. The Bertz CT molecular complexity index is 228. The van der Waals surface area contributed by atoms with Gasteiger partial charge in [0.15, 0.2) is 0 Å². The molecule has 1 aliphatic rings. The summed E-state index contributed by atoms with van der Waals surface area (Å²) in [6.07, 6.45) is 4.16. The quantitative estimate of drug-likeness (QED) is 0.474. The lowest BCUT2D eigenvalue weighted by Crippen LogP contribution is -1.88. The fourth-order valence-electron chi connectivity index (χ4n) is 0.612. The Hall–Kier alpha value is -1.36. The number of allylic oxidation sites excluding steroid dienone is 3. The molecule has 2 heteroatoms. The summed E-state index contributed by atoms with van der Waals surface area (Å²) in [7, 11) is 0. The van der Waals surface area contributed by atoms with Crippen LogP contribution in [0.5, 0.6) is 0 Å². The lowest BCUT2D eigenvalue weighted by Gasteiger charge is -1.98. The number of nitrogens with zero attached hydrogens (tertiary/aromatic N) is 2. The highest BCUT2D eigenvalue weighted by Crippen LogP contribution is 2.08. The van der Waals surface area contributed by atoms with Crippen LogP contribution >= 0.6 is 0 Å². The molecular weight excluding hydrogens is 112 g/mol. The van der Waals surface area contributed by atoms with E-state index in [-0.39, 0.29) is 0 Å². The Labute approximate surface area is 53.8 Å². The predicted molar refractivity (Wildman–Crippen MR) is 35.9 cm³/mol. The van der Waals surface area contributed by atoms with Crippen molar-refractivity contribution in [3.63, 3.8) is 0 Å². The first-order valence-electron chi connectivity index (χ1n) is 2.65. The van der Waals surface area contributed by atoms with Gasteiger partial charge in [0.25, 0.3) is 0 Å². The highest BCUT2D eigenvalue weighted by atomic mass is 14.7. The molecule has 0 aromatic heterocycles. The molecule has 0 radical (unpaired) electrons. The fraction of sp³-hybridized carbons (Fsp3) is 0.143. The van der Waals surface area contributed by atoms with Gasteiger partial charge in [0.1, 0.15) is 11.8 Å².